The van der Waals surface area contributed by atoms with Gasteiger partial charge in [-0.2, -0.15) is 0 Å². The molecule has 156 valence electrons. The third kappa shape index (κ3) is 3.15. The molecule has 0 aromatic heterocycles. The van der Waals surface area contributed by atoms with Gasteiger partial charge in [-0.1, -0.05) is 38.0 Å². The lowest BCUT2D eigenvalue weighted by Crippen LogP contribution is -2.43. The summed E-state index contributed by atoms with van der Waals surface area (Å²) in [7, 11) is 0. The van der Waals surface area contributed by atoms with Gasteiger partial charge in [-0.05, 0) is 73.8 Å². The smallest absolute Gasteiger partial charge is 0.311 e. The standard InChI is InChI=1S/C25H32O4/c1-4-5-23(28)29-22(15-26)21-9-8-19-18-7-6-16-14-17(27)10-12-24(16,2)20(18)11-13-25(19,21)3/h11,14-15,18-19H,4-10,12-13H2,1-3H3/b22-21-/t18-,19-,24-,25-/m0/s1. The van der Waals surface area contributed by atoms with E-state index >= 15 is 0 Å². The van der Waals surface area contributed by atoms with Crippen molar-refractivity contribution in [1.29, 1.82) is 0 Å². The highest BCUT2D eigenvalue weighted by Gasteiger charge is 2.55. The Morgan fingerprint density at radius 2 is 2.03 bits per heavy atom. The lowest BCUT2D eigenvalue weighted by molar-refractivity contribution is -0.141. The summed E-state index contributed by atoms with van der Waals surface area (Å²) < 4.78 is 5.50. The molecule has 4 heteroatoms. The number of ether oxygens (including phenoxy) is 1. The van der Waals surface area contributed by atoms with Crippen LogP contribution in [0.3, 0.4) is 0 Å². The first kappa shape index (κ1) is 20.3. The minimum Gasteiger partial charge on any atom is -0.423 e. The molecular formula is C25H32O4. The van der Waals surface area contributed by atoms with Crippen molar-refractivity contribution < 1.29 is 19.1 Å². The maximum atomic E-state index is 12.0. The molecule has 4 rings (SSSR count). The summed E-state index contributed by atoms with van der Waals surface area (Å²) in [5.41, 5.74) is 3.75. The number of carbonyl (C=O) groups excluding carboxylic acids is 3. The van der Waals surface area contributed by atoms with Gasteiger partial charge >= 0.3 is 5.97 Å². The van der Waals surface area contributed by atoms with E-state index in [1.165, 1.54) is 11.1 Å². The van der Waals surface area contributed by atoms with Crippen molar-refractivity contribution in [3.63, 3.8) is 0 Å². The lowest BCUT2D eigenvalue weighted by Gasteiger charge is -2.52. The summed E-state index contributed by atoms with van der Waals surface area (Å²) in [6, 6.07) is 0. The van der Waals surface area contributed by atoms with Crippen LogP contribution in [-0.4, -0.2) is 18.0 Å². The molecule has 0 aromatic carbocycles. The molecule has 4 atom stereocenters. The SMILES string of the molecule is CCCC(=O)O/C(C=O)=C1/CC[C@H]2[C@@H]3CCC4=CC(=O)CC[C@]4(C)C3=CC[C@]12C. The van der Waals surface area contributed by atoms with E-state index in [2.05, 4.69) is 19.9 Å². The molecule has 0 unspecified atom stereocenters. The fourth-order valence-corrected chi connectivity index (χ4v) is 6.62. The van der Waals surface area contributed by atoms with Crippen molar-refractivity contribution in [2.75, 3.05) is 0 Å². The van der Waals surface area contributed by atoms with E-state index in [0.717, 1.165) is 50.4 Å². The molecule has 0 saturated heterocycles. The van der Waals surface area contributed by atoms with Crippen molar-refractivity contribution in [3.05, 3.63) is 34.6 Å². The zero-order valence-corrected chi connectivity index (χ0v) is 17.9. The monoisotopic (exact) mass is 396 g/mol. The second-order valence-corrected chi connectivity index (χ2v) is 9.72. The molecule has 0 aliphatic heterocycles. The van der Waals surface area contributed by atoms with Crippen LogP contribution < -0.4 is 0 Å². The van der Waals surface area contributed by atoms with Crippen LogP contribution in [0.15, 0.2) is 34.6 Å². The van der Waals surface area contributed by atoms with E-state index in [0.29, 0.717) is 31.1 Å². The zero-order chi connectivity index (χ0) is 20.8. The Hall–Kier alpha value is -1.97. The number of hydrogen-bond acceptors (Lipinski definition) is 4. The predicted molar refractivity (Wildman–Crippen MR) is 111 cm³/mol. The number of ketones is 1. The first-order chi connectivity index (χ1) is 13.8. The largest absolute Gasteiger partial charge is 0.423 e. The van der Waals surface area contributed by atoms with Crippen LogP contribution in [0.25, 0.3) is 0 Å². The molecule has 0 radical (unpaired) electrons. The molecule has 4 aliphatic rings. The third-order valence-electron chi connectivity index (χ3n) is 8.20. The van der Waals surface area contributed by atoms with Gasteiger partial charge in [0, 0.05) is 18.3 Å². The van der Waals surface area contributed by atoms with Gasteiger partial charge in [0.05, 0.1) is 0 Å². The molecule has 0 spiro atoms. The normalized spacial score (nSPS) is 37.6. The zero-order valence-electron chi connectivity index (χ0n) is 17.9. The van der Waals surface area contributed by atoms with Crippen LogP contribution in [0.1, 0.15) is 78.6 Å². The number of rotatable bonds is 4. The number of aldehydes is 1. The predicted octanol–water partition coefficient (Wildman–Crippen LogP) is 5.23. The van der Waals surface area contributed by atoms with Crippen molar-refractivity contribution in [3.8, 4) is 0 Å². The maximum Gasteiger partial charge on any atom is 0.311 e. The molecule has 29 heavy (non-hydrogen) atoms. The lowest BCUT2D eigenvalue weighted by atomic mass is 9.51. The molecule has 2 saturated carbocycles. The van der Waals surface area contributed by atoms with Gasteiger partial charge in [-0.3, -0.25) is 14.4 Å². The summed E-state index contributed by atoms with van der Waals surface area (Å²) in [4.78, 5) is 35.8. The van der Waals surface area contributed by atoms with E-state index in [1.54, 1.807) is 0 Å². The topological polar surface area (TPSA) is 60.4 Å². The highest BCUT2D eigenvalue weighted by molar-refractivity contribution is 5.92. The first-order valence-electron chi connectivity index (χ1n) is 11.2. The Bertz CT molecular complexity index is 845. The molecule has 0 aromatic rings. The average molecular weight is 397 g/mol. The van der Waals surface area contributed by atoms with Crippen molar-refractivity contribution >= 4 is 18.0 Å². The Kier molecular flexibility index (Phi) is 5.16. The van der Waals surface area contributed by atoms with Gasteiger partial charge in [0.15, 0.2) is 17.8 Å². The summed E-state index contributed by atoms with van der Waals surface area (Å²) in [5.74, 6) is 1.17. The minimum atomic E-state index is -0.312. The summed E-state index contributed by atoms with van der Waals surface area (Å²) in [6.45, 7) is 6.50. The van der Waals surface area contributed by atoms with Crippen LogP contribution in [0, 0.1) is 22.7 Å². The first-order valence-corrected chi connectivity index (χ1v) is 11.2. The Morgan fingerprint density at radius 3 is 2.76 bits per heavy atom. The van der Waals surface area contributed by atoms with Gasteiger partial charge in [-0.25, -0.2) is 0 Å². The average Bonchev–Trinajstić information content (AvgIpc) is 3.04. The summed E-state index contributed by atoms with van der Waals surface area (Å²) >= 11 is 0. The van der Waals surface area contributed by atoms with Crippen molar-refractivity contribution in [2.45, 2.75) is 78.6 Å². The molecular weight excluding hydrogens is 364 g/mol. The van der Waals surface area contributed by atoms with E-state index in [-0.39, 0.29) is 28.3 Å². The van der Waals surface area contributed by atoms with E-state index in [1.807, 2.05) is 13.0 Å². The molecule has 0 bridgehead atoms. The Labute approximate surface area is 173 Å². The van der Waals surface area contributed by atoms with Gasteiger partial charge in [0.2, 0.25) is 0 Å². The number of carbonyl (C=O) groups is 3. The minimum absolute atomic E-state index is 0.0195. The summed E-state index contributed by atoms with van der Waals surface area (Å²) in [5, 5.41) is 0. The van der Waals surface area contributed by atoms with E-state index in [9.17, 15) is 14.4 Å². The fraction of sp³-hybridized carbons (Fsp3) is 0.640. The van der Waals surface area contributed by atoms with Crippen LogP contribution in [0.2, 0.25) is 0 Å². The molecule has 2 fully saturated rings. The Morgan fingerprint density at radius 1 is 1.24 bits per heavy atom. The van der Waals surface area contributed by atoms with E-state index < -0.39 is 0 Å². The number of fused-ring (bicyclic) bond motifs is 5. The molecule has 4 nitrogen and oxygen atoms in total. The second kappa shape index (κ2) is 7.37. The molecule has 4 aliphatic carbocycles. The maximum absolute atomic E-state index is 12.0. The third-order valence-corrected chi connectivity index (χ3v) is 8.20. The van der Waals surface area contributed by atoms with Crippen molar-refractivity contribution in [2.24, 2.45) is 22.7 Å². The molecule has 0 heterocycles. The van der Waals surface area contributed by atoms with Crippen molar-refractivity contribution in [1.82, 2.24) is 0 Å². The van der Waals surface area contributed by atoms with Gasteiger partial charge < -0.3 is 4.74 Å². The highest BCUT2D eigenvalue weighted by atomic mass is 16.5. The van der Waals surface area contributed by atoms with Gasteiger partial charge in [0.25, 0.3) is 0 Å². The van der Waals surface area contributed by atoms with Crippen LogP contribution >= 0.6 is 0 Å². The van der Waals surface area contributed by atoms with Crippen LogP contribution in [0.4, 0.5) is 0 Å². The quantitative estimate of drug-likeness (QED) is 0.214. The van der Waals surface area contributed by atoms with Gasteiger partial charge in [0.1, 0.15) is 0 Å². The molecule has 0 N–H and O–H groups in total. The second-order valence-electron chi connectivity index (χ2n) is 9.72. The Balaban J connectivity index is 1.69. The number of allylic oxidation sites excluding steroid dienone is 6. The number of hydrogen-bond donors (Lipinski definition) is 0. The van der Waals surface area contributed by atoms with Crippen LogP contribution in [0.5, 0.6) is 0 Å². The van der Waals surface area contributed by atoms with E-state index in [4.69, 9.17) is 4.74 Å². The molecule has 0 amide bonds. The summed E-state index contributed by atoms with van der Waals surface area (Å²) in [6.07, 6.45) is 12.4. The fourth-order valence-electron chi connectivity index (χ4n) is 6.62. The van der Waals surface area contributed by atoms with Crippen LogP contribution in [-0.2, 0) is 19.1 Å². The van der Waals surface area contributed by atoms with Gasteiger partial charge in [-0.15, -0.1) is 0 Å². The number of esters is 1. The highest BCUT2D eigenvalue weighted by Crippen LogP contribution is 2.64.